The normalized spacial score (nSPS) is 19.9. The van der Waals surface area contributed by atoms with Crippen molar-refractivity contribution in [2.75, 3.05) is 18.6 Å². The second-order valence-electron chi connectivity index (χ2n) is 9.43. The van der Waals surface area contributed by atoms with Crippen molar-refractivity contribution in [3.63, 3.8) is 0 Å². The van der Waals surface area contributed by atoms with Crippen molar-refractivity contribution >= 4 is 75.9 Å². The molecule has 2 aromatic heterocycles. The summed E-state index contributed by atoms with van der Waals surface area (Å²) in [5, 5.41) is 7.52. The standard InChI is InChI=1S/C23H26N6O7S4/c1-11(36-21(33)23(2,3)4)35-20(32)16-12(7-39-22-24-9-26-40-22)6-38-19-15(18(31)29(16)19)27-17(30)14(28-34-5)13-8-37-10-25-13/h8-11,15,19H,6-7H2,1-5H3,(H,27,30)/b28-14-/t11?,15?,19-/m0/s1. The molecule has 214 valence electrons. The van der Waals surface area contributed by atoms with Crippen LogP contribution in [0.4, 0.5) is 0 Å². The molecular formula is C23H26N6O7S4. The lowest BCUT2D eigenvalue weighted by Crippen LogP contribution is -2.71. The lowest BCUT2D eigenvalue weighted by Gasteiger charge is -2.49. The van der Waals surface area contributed by atoms with E-state index in [0.29, 0.717) is 27.1 Å². The Bertz CT molecular complexity index is 1320. The predicted octanol–water partition coefficient (Wildman–Crippen LogP) is 2.27. The SMILES string of the molecule is CO/N=C(\C(=O)NC1C(=O)N2C(C(=O)OC(C)OC(=O)C(C)(C)C)=C(CSc3ncns3)CS[C@@H]12)c1cscn1. The highest BCUT2D eigenvalue weighted by Crippen LogP contribution is 2.42. The molecule has 4 rings (SSSR count). The van der Waals surface area contributed by atoms with Gasteiger partial charge in [0.15, 0.2) is 10.1 Å². The lowest BCUT2D eigenvalue weighted by atomic mass is 9.97. The van der Waals surface area contributed by atoms with Crippen molar-refractivity contribution in [3.05, 3.63) is 34.2 Å². The molecule has 0 saturated carbocycles. The zero-order valence-electron chi connectivity index (χ0n) is 22.1. The number of thioether (sulfide) groups is 2. The van der Waals surface area contributed by atoms with E-state index in [0.717, 1.165) is 0 Å². The first-order valence-corrected chi connectivity index (χ1v) is 15.5. The van der Waals surface area contributed by atoms with Crippen LogP contribution in [-0.4, -0.2) is 85.0 Å². The molecule has 1 N–H and O–H groups in total. The van der Waals surface area contributed by atoms with Gasteiger partial charge in [-0.05, 0) is 37.9 Å². The summed E-state index contributed by atoms with van der Waals surface area (Å²) in [6, 6.07) is -0.922. The van der Waals surface area contributed by atoms with Gasteiger partial charge in [-0.15, -0.1) is 23.1 Å². The molecule has 0 bridgehead atoms. The number of carbonyl (C=O) groups excluding carboxylic acids is 4. The fourth-order valence-corrected chi connectivity index (χ4v) is 7.02. The highest BCUT2D eigenvalue weighted by molar-refractivity contribution is 8.01. The molecule has 2 unspecified atom stereocenters. The fourth-order valence-electron chi connectivity index (χ4n) is 3.55. The number of thiazole rings is 1. The highest BCUT2D eigenvalue weighted by Gasteiger charge is 2.55. The average molecular weight is 627 g/mol. The molecule has 0 aliphatic carbocycles. The van der Waals surface area contributed by atoms with Gasteiger partial charge >= 0.3 is 11.9 Å². The molecule has 2 amide bonds. The first-order valence-electron chi connectivity index (χ1n) is 11.8. The van der Waals surface area contributed by atoms with Crippen LogP contribution in [0.2, 0.25) is 0 Å². The average Bonchev–Trinajstić information content (AvgIpc) is 3.62. The molecule has 2 aliphatic heterocycles. The number of esters is 2. The molecule has 13 nitrogen and oxygen atoms in total. The second-order valence-corrected chi connectivity index (χ2v) is 13.3. The van der Waals surface area contributed by atoms with E-state index in [-0.39, 0.29) is 11.4 Å². The number of β-lactam (4-membered cyclic amide) rings is 1. The molecule has 17 heteroatoms. The van der Waals surface area contributed by atoms with Gasteiger partial charge in [0.25, 0.3) is 11.8 Å². The van der Waals surface area contributed by atoms with Gasteiger partial charge in [0, 0.05) is 23.8 Å². The van der Waals surface area contributed by atoms with E-state index in [1.165, 1.54) is 71.7 Å². The molecule has 0 aromatic carbocycles. The number of carbonyl (C=O) groups is 4. The summed E-state index contributed by atoms with van der Waals surface area (Å²) in [4.78, 5) is 66.3. The minimum atomic E-state index is -1.19. The molecule has 1 fully saturated rings. The molecule has 2 aromatic rings. The number of fused-ring (bicyclic) bond motifs is 1. The summed E-state index contributed by atoms with van der Waals surface area (Å²) < 4.78 is 15.4. The van der Waals surface area contributed by atoms with Crippen LogP contribution in [0.25, 0.3) is 0 Å². The zero-order chi connectivity index (χ0) is 29.0. The molecule has 3 atom stereocenters. The zero-order valence-corrected chi connectivity index (χ0v) is 25.4. The summed E-state index contributed by atoms with van der Waals surface area (Å²) in [6.07, 6.45) is 0.251. The smallest absolute Gasteiger partial charge is 0.358 e. The summed E-state index contributed by atoms with van der Waals surface area (Å²) in [5.74, 6) is -1.75. The minimum Gasteiger partial charge on any atom is -0.425 e. The molecule has 1 saturated heterocycles. The summed E-state index contributed by atoms with van der Waals surface area (Å²) in [6.45, 7) is 6.48. The van der Waals surface area contributed by atoms with Crippen LogP contribution in [0.15, 0.2) is 38.0 Å². The predicted molar refractivity (Wildman–Crippen MR) is 149 cm³/mol. The van der Waals surface area contributed by atoms with Crippen molar-refractivity contribution in [1.82, 2.24) is 24.6 Å². The van der Waals surface area contributed by atoms with Crippen LogP contribution < -0.4 is 5.32 Å². The Balaban J connectivity index is 1.53. The van der Waals surface area contributed by atoms with E-state index in [9.17, 15) is 19.2 Å². The van der Waals surface area contributed by atoms with Crippen LogP contribution in [0, 0.1) is 5.41 Å². The molecule has 40 heavy (non-hydrogen) atoms. The van der Waals surface area contributed by atoms with Crippen molar-refractivity contribution in [2.45, 2.75) is 49.7 Å². The second kappa shape index (κ2) is 12.7. The molecule has 0 spiro atoms. The van der Waals surface area contributed by atoms with Crippen LogP contribution in [0.1, 0.15) is 33.4 Å². The van der Waals surface area contributed by atoms with Gasteiger partial charge in [-0.3, -0.25) is 19.3 Å². The number of amides is 2. The number of rotatable bonds is 10. The van der Waals surface area contributed by atoms with Gasteiger partial charge < -0.3 is 19.6 Å². The number of nitrogens with one attached hydrogen (secondary N) is 1. The summed E-state index contributed by atoms with van der Waals surface area (Å²) in [5.41, 5.74) is 1.68. The van der Waals surface area contributed by atoms with E-state index in [1.807, 2.05) is 0 Å². The number of oxime groups is 1. The maximum absolute atomic E-state index is 13.4. The Morgan fingerprint density at radius 1 is 1.27 bits per heavy atom. The molecule has 0 radical (unpaired) electrons. The van der Waals surface area contributed by atoms with Gasteiger partial charge in [-0.2, -0.15) is 4.37 Å². The third-order valence-corrected chi connectivity index (χ3v) is 9.28. The lowest BCUT2D eigenvalue weighted by molar-refractivity contribution is -0.190. The maximum Gasteiger partial charge on any atom is 0.358 e. The van der Waals surface area contributed by atoms with E-state index >= 15 is 0 Å². The van der Waals surface area contributed by atoms with Gasteiger partial charge in [-0.1, -0.05) is 16.9 Å². The Morgan fingerprint density at radius 2 is 2.05 bits per heavy atom. The van der Waals surface area contributed by atoms with Gasteiger partial charge in [0.05, 0.1) is 10.9 Å². The monoisotopic (exact) mass is 626 g/mol. The number of ether oxygens (including phenoxy) is 2. The Kier molecular flexibility index (Phi) is 9.48. The van der Waals surface area contributed by atoms with Crippen molar-refractivity contribution in [1.29, 1.82) is 0 Å². The quantitative estimate of drug-likeness (QED) is 0.102. The van der Waals surface area contributed by atoms with E-state index in [2.05, 4.69) is 24.8 Å². The topological polar surface area (TPSA) is 162 Å². The number of nitrogens with zero attached hydrogens (tertiary/aromatic N) is 5. The number of hydrogen-bond donors (Lipinski definition) is 1. The fraction of sp³-hybridized carbons (Fsp3) is 0.478. The number of aromatic nitrogens is 3. The highest BCUT2D eigenvalue weighted by atomic mass is 32.2. The van der Waals surface area contributed by atoms with Crippen LogP contribution in [0.3, 0.4) is 0 Å². The first-order chi connectivity index (χ1) is 19.0. The van der Waals surface area contributed by atoms with Crippen molar-refractivity contribution < 1.29 is 33.5 Å². The number of hydrogen-bond acceptors (Lipinski definition) is 15. The maximum atomic E-state index is 13.4. The van der Waals surface area contributed by atoms with Gasteiger partial charge in [-0.25, -0.2) is 14.8 Å². The van der Waals surface area contributed by atoms with E-state index in [1.54, 1.807) is 31.7 Å². The van der Waals surface area contributed by atoms with Gasteiger partial charge in [0.1, 0.15) is 36.2 Å². The van der Waals surface area contributed by atoms with Crippen molar-refractivity contribution in [2.24, 2.45) is 10.6 Å². The summed E-state index contributed by atoms with van der Waals surface area (Å²) >= 11 is 5.26. The molecular weight excluding hydrogens is 601 g/mol. The Labute approximate surface area is 246 Å². The third kappa shape index (κ3) is 6.64. The van der Waals surface area contributed by atoms with E-state index < -0.39 is 46.9 Å². The third-order valence-electron chi connectivity index (χ3n) is 5.47. The Hall–Kier alpha value is -3.02. The van der Waals surface area contributed by atoms with E-state index in [4.69, 9.17) is 14.3 Å². The Morgan fingerprint density at radius 3 is 2.67 bits per heavy atom. The van der Waals surface area contributed by atoms with Crippen LogP contribution >= 0.6 is 46.4 Å². The van der Waals surface area contributed by atoms with Crippen molar-refractivity contribution in [3.8, 4) is 0 Å². The van der Waals surface area contributed by atoms with Gasteiger partial charge in [0.2, 0.25) is 6.29 Å². The summed E-state index contributed by atoms with van der Waals surface area (Å²) in [7, 11) is 1.30. The minimum absolute atomic E-state index is 0.0557. The molecule has 4 heterocycles. The largest absolute Gasteiger partial charge is 0.425 e. The van der Waals surface area contributed by atoms with Crippen LogP contribution in [0.5, 0.6) is 0 Å². The molecule has 2 aliphatic rings. The first kappa shape index (κ1) is 30.0. The van der Waals surface area contributed by atoms with Crippen LogP contribution in [-0.2, 0) is 33.5 Å².